The van der Waals surface area contributed by atoms with E-state index in [4.69, 9.17) is 28.1 Å². The van der Waals surface area contributed by atoms with Gasteiger partial charge in [-0.2, -0.15) is 0 Å². The average Bonchev–Trinajstić information content (AvgIpc) is 3.45. The number of rotatable bonds is 11. The number of ether oxygens (including phenoxy) is 5. The van der Waals surface area contributed by atoms with E-state index in [1.54, 1.807) is 0 Å². The Morgan fingerprint density at radius 1 is 1.06 bits per heavy atom. The summed E-state index contributed by atoms with van der Waals surface area (Å²) < 4.78 is 39.5. The minimum absolute atomic E-state index is 0.0208. The molecule has 208 valence electrons. The molecule has 0 aliphatic carbocycles. The molecule has 3 heterocycles. The molecule has 36 heavy (non-hydrogen) atoms. The van der Waals surface area contributed by atoms with Crippen molar-refractivity contribution in [1.29, 1.82) is 0 Å². The van der Waals surface area contributed by atoms with Crippen LogP contribution in [0, 0.1) is 0 Å². The van der Waals surface area contributed by atoms with Crippen molar-refractivity contribution in [2.75, 3.05) is 6.61 Å². The molecule has 0 aromatic rings. The predicted molar refractivity (Wildman–Crippen MR) is 142 cm³/mol. The third-order valence-electron chi connectivity index (χ3n) is 8.83. The first-order valence-electron chi connectivity index (χ1n) is 14.0. The van der Waals surface area contributed by atoms with Gasteiger partial charge in [-0.1, -0.05) is 54.5 Å². The molecule has 0 aromatic heterocycles. The Kier molecular flexibility index (Phi) is 9.35. The van der Waals surface area contributed by atoms with Gasteiger partial charge in [-0.05, 0) is 56.7 Å². The lowest BCUT2D eigenvalue weighted by molar-refractivity contribution is -0.218. The summed E-state index contributed by atoms with van der Waals surface area (Å²) in [5.74, 6) is -1.48. The van der Waals surface area contributed by atoms with Gasteiger partial charge in [-0.15, -0.1) is 6.58 Å². The van der Waals surface area contributed by atoms with Crippen LogP contribution in [0.1, 0.15) is 87.0 Å². The lowest BCUT2D eigenvalue weighted by Crippen LogP contribution is -2.62. The molecule has 0 saturated carbocycles. The van der Waals surface area contributed by atoms with Crippen LogP contribution in [0.5, 0.6) is 0 Å². The molecule has 0 amide bonds. The van der Waals surface area contributed by atoms with E-state index >= 15 is 0 Å². The van der Waals surface area contributed by atoms with Crippen molar-refractivity contribution in [3.8, 4) is 0 Å². The Morgan fingerprint density at radius 3 is 2.17 bits per heavy atom. The Hall–Kier alpha value is -0.613. The van der Waals surface area contributed by atoms with E-state index in [2.05, 4.69) is 54.3 Å². The summed E-state index contributed by atoms with van der Waals surface area (Å²) in [5, 5.41) is -0.0208. The lowest BCUT2D eigenvalue weighted by Gasteiger charge is -2.46. The molecule has 3 rings (SSSR count). The van der Waals surface area contributed by atoms with E-state index < -0.39 is 50.4 Å². The number of hydrogen-bond donors (Lipinski definition) is 0. The normalized spacial score (nSPS) is 32.9. The van der Waals surface area contributed by atoms with Gasteiger partial charge in [-0.25, -0.2) is 0 Å². The second kappa shape index (κ2) is 11.2. The fourth-order valence-electron chi connectivity index (χ4n) is 5.17. The highest BCUT2D eigenvalue weighted by Gasteiger charge is 2.61. The smallest absolute Gasteiger partial charge is 0.193 e. The minimum Gasteiger partial charge on any atom is -0.408 e. The molecular weight excluding hydrogens is 476 g/mol. The van der Waals surface area contributed by atoms with Crippen molar-refractivity contribution < 1.29 is 32.9 Å². The van der Waals surface area contributed by atoms with Crippen molar-refractivity contribution in [1.82, 2.24) is 0 Å². The molecule has 3 aliphatic heterocycles. The predicted octanol–water partition coefficient (Wildman–Crippen LogP) is 5.91. The number of carbonyl (C=O) groups excluding carboxylic acids is 1. The second-order valence-corrected chi connectivity index (χ2v) is 16.8. The van der Waals surface area contributed by atoms with Gasteiger partial charge in [0.2, 0.25) is 0 Å². The second-order valence-electron chi connectivity index (χ2n) is 12.0. The Morgan fingerprint density at radius 2 is 1.67 bits per heavy atom. The zero-order valence-corrected chi connectivity index (χ0v) is 25.1. The monoisotopic (exact) mass is 526 g/mol. The van der Waals surface area contributed by atoms with Crippen LogP contribution in [0.2, 0.25) is 18.1 Å². The van der Waals surface area contributed by atoms with Crippen molar-refractivity contribution in [2.24, 2.45) is 0 Å². The first-order chi connectivity index (χ1) is 16.8. The van der Waals surface area contributed by atoms with Crippen LogP contribution < -0.4 is 0 Å². The molecular formula is C28H50O7Si. The molecule has 3 fully saturated rings. The van der Waals surface area contributed by atoms with Gasteiger partial charge >= 0.3 is 0 Å². The molecule has 0 unspecified atom stereocenters. The lowest BCUT2D eigenvalue weighted by atomic mass is 9.90. The van der Waals surface area contributed by atoms with Gasteiger partial charge in [0.25, 0.3) is 0 Å². The van der Waals surface area contributed by atoms with Crippen molar-refractivity contribution in [2.45, 2.75) is 153 Å². The van der Waals surface area contributed by atoms with Crippen LogP contribution >= 0.6 is 0 Å². The fraction of sp³-hybridized carbons (Fsp3) is 0.893. The molecule has 3 saturated heterocycles. The molecule has 3 aliphatic rings. The zero-order chi connectivity index (χ0) is 26.9. The van der Waals surface area contributed by atoms with Gasteiger partial charge in [0.15, 0.2) is 31.8 Å². The zero-order valence-electron chi connectivity index (χ0n) is 24.1. The van der Waals surface area contributed by atoms with Crippen LogP contribution in [-0.2, 0) is 32.9 Å². The number of ketones is 1. The topological polar surface area (TPSA) is 72.5 Å². The number of fused-ring (bicyclic) bond motifs is 1. The highest BCUT2D eigenvalue weighted by Crippen LogP contribution is 2.46. The van der Waals surface area contributed by atoms with Crippen LogP contribution in [0.15, 0.2) is 12.7 Å². The van der Waals surface area contributed by atoms with Gasteiger partial charge in [0.05, 0.1) is 6.61 Å². The Balaban J connectivity index is 2.03. The summed E-state index contributed by atoms with van der Waals surface area (Å²) in [5.41, 5.74) is 0. The van der Waals surface area contributed by atoms with Gasteiger partial charge < -0.3 is 28.1 Å². The molecule has 0 N–H and O–H groups in total. The van der Waals surface area contributed by atoms with Crippen LogP contribution in [0.3, 0.4) is 0 Å². The van der Waals surface area contributed by atoms with E-state index in [1.165, 1.54) is 0 Å². The first kappa shape index (κ1) is 29.9. The van der Waals surface area contributed by atoms with Crippen molar-refractivity contribution in [3.05, 3.63) is 12.7 Å². The summed E-state index contributed by atoms with van der Waals surface area (Å²) in [7, 11) is -2.26. The summed E-state index contributed by atoms with van der Waals surface area (Å²) >= 11 is 0. The maximum Gasteiger partial charge on any atom is 0.193 e. The first-order valence-corrected chi connectivity index (χ1v) is 16.9. The standard InChI is InChI=1S/C28H50O7Si/c1-11-16-17-19-21(29)23-25(34-28(14-4,15-5)33-23)24(31-19)22(35-36(9,10)26(6,7)8)20-18-30-27(12-2,13-3)32-20/h11,19-20,22-25H,1,12-18H2,2-10H3/t19-,20+,22+,23-,24-,25-/m0/s1. The third kappa shape index (κ3) is 5.70. The van der Waals surface area contributed by atoms with Crippen LogP contribution in [0.25, 0.3) is 0 Å². The minimum atomic E-state index is -2.26. The van der Waals surface area contributed by atoms with Gasteiger partial charge in [0, 0.05) is 0 Å². The highest BCUT2D eigenvalue weighted by atomic mass is 28.4. The highest BCUT2D eigenvalue weighted by molar-refractivity contribution is 6.74. The van der Waals surface area contributed by atoms with E-state index in [0.29, 0.717) is 32.3 Å². The third-order valence-corrected chi connectivity index (χ3v) is 13.3. The van der Waals surface area contributed by atoms with Crippen LogP contribution in [0.4, 0.5) is 0 Å². The molecule has 0 spiro atoms. The molecule has 0 aromatic carbocycles. The Bertz CT molecular complexity index is 768. The number of allylic oxidation sites excluding steroid dienone is 1. The maximum absolute atomic E-state index is 13.5. The van der Waals surface area contributed by atoms with Crippen molar-refractivity contribution >= 4 is 14.1 Å². The molecule has 6 atom stereocenters. The maximum atomic E-state index is 13.5. The van der Waals surface area contributed by atoms with Gasteiger partial charge in [0.1, 0.15) is 30.5 Å². The number of hydrogen-bond acceptors (Lipinski definition) is 7. The Labute approximate surface area is 219 Å². The van der Waals surface area contributed by atoms with E-state index in [0.717, 1.165) is 12.8 Å². The van der Waals surface area contributed by atoms with Crippen molar-refractivity contribution in [3.63, 3.8) is 0 Å². The quantitative estimate of drug-likeness (QED) is 0.245. The van der Waals surface area contributed by atoms with Crippen LogP contribution in [-0.4, -0.2) is 68.9 Å². The summed E-state index contributed by atoms with van der Waals surface area (Å²) in [6.45, 7) is 23.6. The largest absolute Gasteiger partial charge is 0.408 e. The van der Waals surface area contributed by atoms with E-state index in [-0.39, 0.29) is 16.9 Å². The fourth-order valence-corrected chi connectivity index (χ4v) is 6.49. The summed E-state index contributed by atoms with van der Waals surface area (Å²) in [6.07, 6.45) is 2.71. The molecule has 7 nitrogen and oxygen atoms in total. The SMILES string of the molecule is C=CCC[C@@H]1O[C@@H]([C@H](O[Si](C)(C)C(C)(C)C)[C@H]2COC(CC)(CC)O2)[C@H]2OC(CC)(CC)O[C@H]2C1=O. The van der Waals surface area contributed by atoms with E-state index in [1.807, 2.05) is 19.9 Å². The molecule has 0 bridgehead atoms. The molecule has 8 heteroatoms. The number of carbonyl (C=O) groups is 1. The summed E-state index contributed by atoms with van der Waals surface area (Å²) in [6, 6.07) is 0. The van der Waals surface area contributed by atoms with Gasteiger partial charge in [-0.3, -0.25) is 4.79 Å². The average molecular weight is 527 g/mol. The molecule has 0 radical (unpaired) electrons. The number of Topliss-reactive ketones (excluding diaryl/α,β-unsaturated/α-hetero) is 1. The van der Waals surface area contributed by atoms with E-state index in [9.17, 15) is 4.79 Å². The summed E-state index contributed by atoms with van der Waals surface area (Å²) in [4.78, 5) is 13.5.